The maximum absolute atomic E-state index is 12.2. The lowest BCUT2D eigenvalue weighted by atomic mass is 10.2. The zero-order valence-electron chi connectivity index (χ0n) is 11.2. The number of thiocarbonyl (C=S) groups is 1. The molecule has 0 heterocycles. The molecule has 0 saturated heterocycles. The Morgan fingerprint density at radius 3 is 2.70 bits per heavy atom. The van der Waals surface area contributed by atoms with Gasteiger partial charge in [0.2, 0.25) is 10.0 Å². The number of benzene rings is 1. The maximum atomic E-state index is 12.2. The van der Waals surface area contributed by atoms with Crippen LogP contribution in [0.4, 0.5) is 0 Å². The van der Waals surface area contributed by atoms with Crippen molar-refractivity contribution in [3.05, 3.63) is 28.8 Å². The minimum atomic E-state index is -3.63. The molecule has 112 valence electrons. The van der Waals surface area contributed by atoms with E-state index in [4.69, 9.17) is 34.3 Å². The van der Waals surface area contributed by atoms with Crippen LogP contribution >= 0.6 is 23.8 Å². The summed E-state index contributed by atoms with van der Waals surface area (Å²) in [5.41, 5.74) is 5.93. The fourth-order valence-corrected chi connectivity index (χ4v) is 3.43. The molecule has 0 aliphatic carbocycles. The molecule has 3 N–H and O–H groups in total. The largest absolute Gasteiger partial charge is 0.389 e. The topological polar surface area (TPSA) is 81.4 Å². The summed E-state index contributed by atoms with van der Waals surface area (Å²) < 4.78 is 31.8. The first-order chi connectivity index (χ1) is 9.27. The van der Waals surface area contributed by atoms with Crippen molar-refractivity contribution in [2.24, 2.45) is 5.73 Å². The molecule has 1 atom stereocenters. The summed E-state index contributed by atoms with van der Waals surface area (Å²) in [5.74, 6) is 0. The second-order valence-corrected chi connectivity index (χ2v) is 6.87. The third-order valence-electron chi connectivity index (χ3n) is 2.63. The van der Waals surface area contributed by atoms with Crippen LogP contribution in [0, 0.1) is 0 Å². The van der Waals surface area contributed by atoms with E-state index < -0.39 is 10.0 Å². The molecule has 1 unspecified atom stereocenters. The lowest BCUT2D eigenvalue weighted by molar-refractivity contribution is 0.188. The molecule has 0 amide bonds. The summed E-state index contributed by atoms with van der Waals surface area (Å²) in [4.78, 5) is 0.201. The van der Waals surface area contributed by atoms with E-state index in [9.17, 15) is 8.42 Å². The predicted molar refractivity (Wildman–Crippen MR) is 83.6 cm³/mol. The van der Waals surface area contributed by atoms with Crippen LogP contribution in [-0.2, 0) is 14.8 Å². The fraction of sp³-hybridized carbons (Fsp3) is 0.417. The van der Waals surface area contributed by atoms with Gasteiger partial charge in [-0.15, -0.1) is 0 Å². The van der Waals surface area contributed by atoms with E-state index in [-0.39, 0.29) is 20.9 Å². The van der Waals surface area contributed by atoms with Crippen LogP contribution in [-0.4, -0.2) is 33.2 Å². The first-order valence-electron chi connectivity index (χ1n) is 5.88. The number of sulfonamides is 1. The van der Waals surface area contributed by atoms with Gasteiger partial charge in [-0.05, 0) is 31.5 Å². The van der Waals surface area contributed by atoms with Crippen molar-refractivity contribution in [3.63, 3.8) is 0 Å². The highest BCUT2D eigenvalue weighted by molar-refractivity contribution is 7.89. The molecule has 0 radical (unpaired) electrons. The average Bonchev–Trinajstić information content (AvgIpc) is 2.35. The van der Waals surface area contributed by atoms with Gasteiger partial charge in [-0.2, -0.15) is 0 Å². The van der Waals surface area contributed by atoms with E-state index in [0.29, 0.717) is 18.6 Å². The van der Waals surface area contributed by atoms with Crippen molar-refractivity contribution < 1.29 is 13.2 Å². The Balaban J connectivity index is 2.93. The van der Waals surface area contributed by atoms with Gasteiger partial charge in [-0.3, -0.25) is 0 Å². The molecule has 0 fully saturated rings. The summed E-state index contributed by atoms with van der Waals surface area (Å²) >= 11 is 10.8. The smallest absolute Gasteiger partial charge is 0.240 e. The average molecular weight is 337 g/mol. The van der Waals surface area contributed by atoms with Crippen molar-refractivity contribution in [2.75, 3.05) is 13.7 Å². The summed E-state index contributed by atoms with van der Waals surface area (Å²) in [5, 5.41) is 0.213. The first-order valence-corrected chi connectivity index (χ1v) is 8.15. The maximum Gasteiger partial charge on any atom is 0.240 e. The van der Waals surface area contributed by atoms with Crippen LogP contribution < -0.4 is 10.5 Å². The van der Waals surface area contributed by atoms with Gasteiger partial charge in [0.25, 0.3) is 0 Å². The third kappa shape index (κ3) is 4.68. The van der Waals surface area contributed by atoms with Crippen LogP contribution in [0.2, 0.25) is 5.02 Å². The number of rotatable bonds is 7. The summed E-state index contributed by atoms with van der Waals surface area (Å²) in [6.07, 6.45) is 0.578. The van der Waals surface area contributed by atoms with Crippen LogP contribution in [0.5, 0.6) is 0 Å². The Hall–Kier alpha value is -0.730. The highest BCUT2D eigenvalue weighted by Gasteiger charge is 2.18. The SMILES string of the molecule is COCCC(C)NS(=O)(=O)c1ccc(C(N)=S)c(Cl)c1. The van der Waals surface area contributed by atoms with Crippen LogP contribution in [0.3, 0.4) is 0 Å². The lowest BCUT2D eigenvalue weighted by Crippen LogP contribution is -2.33. The monoisotopic (exact) mass is 336 g/mol. The van der Waals surface area contributed by atoms with Crippen molar-refractivity contribution in [1.29, 1.82) is 0 Å². The predicted octanol–water partition coefficient (Wildman–Crippen LogP) is 1.68. The third-order valence-corrected chi connectivity index (χ3v) is 4.75. The Bertz CT molecular complexity index is 590. The van der Waals surface area contributed by atoms with Crippen LogP contribution in [0.25, 0.3) is 0 Å². The standard InChI is InChI=1S/C12H17ClN2O3S2/c1-8(5-6-18-2)15-20(16,17)9-3-4-10(12(14)19)11(13)7-9/h3-4,7-8,15H,5-6H2,1-2H3,(H2,14,19). The summed E-state index contributed by atoms with van der Waals surface area (Å²) in [6.45, 7) is 2.24. The van der Waals surface area contributed by atoms with E-state index >= 15 is 0 Å². The molecule has 5 nitrogen and oxygen atoms in total. The molecule has 0 aliphatic heterocycles. The van der Waals surface area contributed by atoms with Gasteiger partial charge < -0.3 is 10.5 Å². The van der Waals surface area contributed by atoms with Gasteiger partial charge in [-0.25, -0.2) is 13.1 Å². The molecule has 0 bridgehead atoms. The number of hydrogen-bond donors (Lipinski definition) is 2. The number of methoxy groups -OCH3 is 1. The molecule has 0 saturated carbocycles. The Labute approximate surface area is 129 Å². The van der Waals surface area contributed by atoms with Gasteiger partial charge in [0.1, 0.15) is 4.99 Å². The molecule has 8 heteroatoms. The van der Waals surface area contributed by atoms with Gasteiger partial charge in [0.15, 0.2) is 0 Å². The lowest BCUT2D eigenvalue weighted by Gasteiger charge is -2.14. The quantitative estimate of drug-likeness (QED) is 0.740. The van der Waals surface area contributed by atoms with Crippen molar-refractivity contribution in [1.82, 2.24) is 4.72 Å². The Kier molecular flexibility index (Phi) is 6.35. The van der Waals surface area contributed by atoms with Crippen molar-refractivity contribution >= 4 is 38.8 Å². The molecule has 0 aromatic heterocycles. The number of halogens is 1. The van der Waals surface area contributed by atoms with Gasteiger partial charge in [0.05, 0.1) is 9.92 Å². The van der Waals surface area contributed by atoms with Crippen molar-refractivity contribution in [3.8, 4) is 0 Å². The number of hydrogen-bond acceptors (Lipinski definition) is 4. The van der Waals surface area contributed by atoms with E-state index in [1.54, 1.807) is 14.0 Å². The zero-order chi connectivity index (χ0) is 15.3. The Morgan fingerprint density at radius 2 is 2.20 bits per heavy atom. The number of ether oxygens (including phenoxy) is 1. The summed E-state index contributed by atoms with van der Waals surface area (Å²) in [6, 6.07) is 4.01. The zero-order valence-corrected chi connectivity index (χ0v) is 13.6. The molecule has 1 rings (SSSR count). The van der Waals surface area contributed by atoms with E-state index in [1.807, 2.05) is 0 Å². The molecular formula is C12H17ClN2O3S2. The van der Waals surface area contributed by atoms with Crippen LogP contribution in [0.15, 0.2) is 23.1 Å². The number of nitrogens with two attached hydrogens (primary N) is 1. The minimum Gasteiger partial charge on any atom is -0.389 e. The molecule has 1 aromatic rings. The molecule has 20 heavy (non-hydrogen) atoms. The van der Waals surface area contributed by atoms with Gasteiger partial charge >= 0.3 is 0 Å². The highest BCUT2D eigenvalue weighted by Crippen LogP contribution is 2.21. The van der Waals surface area contributed by atoms with E-state index in [1.165, 1.54) is 18.2 Å². The Morgan fingerprint density at radius 1 is 1.55 bits per heavy atom. The second kappa shape index (κ2) is 7.33. The van der Waals surface area contributed by atoms with Gasteiger partial charge in [0, 0.05) is 25.3 Å². The number of nitrogens with one attached hydrogen (secondary N) is 1. The normalized spacial score (nSPS) is 13.2. The molecule has 1 aromatic carbocycles. The fourth-order valence-electron chi connectivity index (χ4n) is 1.55. The van der Waals surface area contributed by atoms with Gasteiger partial charge in [-0.1, -0.05) is 23.8 Å². The second-order valence-electron chi connectivity index (χ2n) is 4.31. The molecular weight excluding hydrogens is 320 g/mol. The molecule has 0 aliphatic rings. The molecule has 0 spiro atoms. The minimum absolute atomic E-state index is 0.0757. The van der Waals surface area contributed by atoms with E-state index in [2.05, 4.69) is 4.72 Å². The van der Waals surface area contributed by atoms with E-state index in [0.717, 1.165) is 0 Å². The highest BCUT2D eigenvalue weighted by atomic mass is 35.5. The van der Waals surface area contributed by atoms with Crippen LogP contribution in [0.1, 0.15) is 18.9 Å². The van der Waals surface area contributed by atoms with Crippen molar-refractivity contribution in [2.45, 2.75) is 24.3 Å². The summed E-state index contributed by atoms with van der Waals surface area (Å²) in [7, 11) is -2.06. The first kappa shape index (κ1) is 17.3.